The average molecular weight is 278 g/mol. The molecule has 0 unspecified atom stereocenters. The number of rotatable bonds is 7. The summed E-state index contributed by atoms with van der Waals surface area (Å²) >= 11 is 0. The van der Waals surface area contributed by atoms with E-state index in [9.17, 15) is 4.79 Å². The number of carbonyl (C=O) groups is 1. The number of hydrogen-bond donors (Lipinski definition) is 0. The number of nitrogens with zero attached hydrogens (tertiary/aromatic N) is 2. The fourth-order valence-corrected chi connectivity index (χ4v) is 2.78. The monoisotopic (exact) mass is 278 g/mol. The molecule has 1 aliphatic heterocycles. The van der Waals surface area contributed by atoms with Gasteiger partial charge in [0.25, 0.3) is 0 Å². The lowest BCUT2D eigenvalue weighted by Gasteiger charge is -2.18. The highest BCUT2D eigenvalue weighted by Crippen LogP contribution is 2.17. The molecule has 2 heterocycles. The number of aromatic nitrogens is 1. The molecule has 112 valence electrons. The highest BCUT2D eigenvalue weighted by Gasteiger charge is 2.15. The zero-order valence-electron chi connectivity index (χ0n) is 12.9. The SMILES string of the molecule is CC(=O)c1cc(CN(C)CCC[C@@H]2CCCO2)n(C)c1. The van der Waals surface area contributed by atoms with Gasteiger partial charge in [0.05, 0.1) is 6.10 Å². The van der Waals surface area contributed by atoms with Crippen LogP contribution < -0.4 is 0 Å². The van der Waals surface area contributed by atoms with E-state index < -0.39 is 0 Å². The molecule has 0 N–H and O–H groups in total. The van der Waals surface area contributed by atoms with Gasteiger partial charge in [-0.1, -0.05) is 0 Å². The normalized spacial score (nSPS) is 18.9. The molecule has 0 saturated carbocycles. The van der Waals surface area contributed by atoms with E-state index in [1.807, 2.05) is 23.9 Å². The van der Waals surface area contributed by atoms with E-state index in [1.165, 1.54) is 25.0 Å². The molecule has 0 bridgehead atoms. The van der Waals surface area contributed by atoms with Crippen LogP contribution in [0.25, 0.3) is 0 Å². The first kappa shape index (κ1) is 15.3. The molecular formula is C16H26N2O2. The second kappa shape index (κ2) is 7.04. The lowest BCUT2D eigenvalue weighted by molar-refractivity contribution is 0.0993. The summed E-state index contributed by atoms with van der Waals surface area (Å²) in [5, 5.41) is 0. The number of ketones is 1. The number of hydrogen-bond acceptors (Lipinski definition) is 3. The quantitative estimate of drug-likeness (QED) is 0.719. The average Bonchev–Trinajstić information content (AvgIpc) is 3.00. The van der Waals surface area contributed by atoms with Crippen LogP contribution in [0.1, 0.15) is 48.7 Å². The van der Waals surface area contributed by atoms with E-state index in [4.69, 9.17) is 4.74 Å². The molecular weight excluding hydrogens is 252 g/mol. The van der Waals surface area contributed by atoms with Gasteiger partial charge in [0.2, 0.25) is 0 Å². The van der Waals surface area contributed by atoms with Crippen molar-refractivity contribution in [1.82, 2.24) is 9.47 Å². The van der Waals surface area contributed by atoms with Gasteiger partial charge in [0.1, 0.15) is 0 Å². The maximum absolute atomic E-state index is 11.4. The molecule has 1 atom stereocenters. The Labute approximate surface area is 121 Å². The molecule has 1 aliphatic rings. The van der Waals surface area contributed by atoms with Gasteiger partial charge in [0, 0.05) is 37.7 Å². The summed E-state index contributed by atoms with van der Waals surface area (Å²) in [6.45, 7) is 4.51. The van der Waals surface area contributed by atoms with Gasteiger partial charge in [-0.3, -0.25) is 4.79 Å². The van der Waals surface area contributed by atoms with E-state index in [-0.39, 0.29) is 5.78 Å². The van der Waals surface area contributed by atoms with Crippen LogP contribution in [-0.2, 0) is 18.3 Å². The van der Waals surface area contributed by atoms with Crippen LogP contribution in [-0.4, -0.2) is 41.6 Å². The van der Waals surface area contributed by atoms with Crippen LogP contribution in [0.15, 0.2) is 12.3 Å². The molecule has 20 heavy (non-hydrogen) atoms. The molecule has 4 nitrogen and oxygen atoms in total. The Morgan fingerprint density at radius 1 is 1.55 bits per heavy atom. The molecule has 0 aliphatic carbocycles. The summed E-state index contributed by atoms with van der Waals surface area (Å²) < 4.78 is 7.69. The molecule has 1 saturated heterocycles. The van der Waals surface area contributed by atoms with Crippen LogP contribution in [0.2, 0.25) is 0 Å². The Morgan fingerprint density at radius 2 is 2.35 bits per heavy atom. The summed E-state index contributed by atoms with van der Waals surface area (Å²) in [4.78, 5) is 13.7. The first-order chi connectivity index (χ1) is 9.56. The number of Topliss-reactive ketones (excluding diaryl/α,β-unsaturated/α-hetero) is 1. The predicted octanol–water partition coefficient (Wildman–Crippen LogP) is 2.62. The van der Waals surface area contributed by atoms with Crippen LogP contribution in [0.3, 0.4) is 0 Å². The Balaban J connectivity index is 1.75. The van der Waals surface area contributed by atoms with Gasteiger partial charge >= 0.3 is 0 Å². The van der Waals surface area contributed by atoms with Crippen molar-refractivity contribution in [3.63, 3.8) is 0 Å². The van der Waals surface area contributed by atoms with Gasteiger partial charge < -0.3 is 14.2 Å². The second-order valence-electron chi connectivity index (χ2n) is 5.90. The number of carbonyl (C=O) groups excluding carboxylic acids is 1. The largest absolute Gasteiger partial charge is 0.378 e. The lowest BCUT2D eigenvalue weighted by atomic mass is 10.1. The predicted molar refractivity (Wildman–Crippen MR) is 80.0 cm³/mol. The molecule has 0 amide bonds. The van der Waals surface area contributed by atoms with Gasteiger partial charge in [-0.05, 0) is 52.3 Å². The minimum absolute atomic E-state index is 0.132. The molecule has 2 rings (SSSR count). The van der Waals surface area contributed by atoms with Gasteiger partial charge in [-0.15, -0.1) is 0 Å². The van der Waals surface area contributed by atoms with Crippen molar-refractivity contribution in [2.45, 2.75) is 45.3 Å². The van der Waals surface area contributed by atoms with Gasteiger partial charge in [0.15, 0.2) is 5.78 Å². The van der Waals surface area contributed by atoms with Crippen molar-refractivity contribution in [2.24, 2.45) is 7.05 Å². The summed E-state index contributed by atoms with van der Waals surface area (Å²) in [7, 11) is 4.14. The van der Waals surface area contributed by atoms with E-state index in [0.717, 1.165) is 31.7 Å². The van der Waals surface area contributed by atoms with E-state index in [2.05, 4.69) is 11.9 Å². The first-order valence-corrected chi connectivity index (χ1v) is 7.52. The third-order valence-electron chi connectivity index (χ3n) is 4.04. The standard InChI is InChI=1S/C16H26N2O2/c1-13(19)14-10-15(18(3)11-14)12-17(2)8-4-6-16-7-5-9-20-16/h10-11,16H,4-9,12H2,1-3H3/t16-/m1/s1. The van der Waals surface area contributed by atoms with Crippen LogP contribution >= 0.6 is 0 Å². The smallest absolute Gasteiger partial charge is 0.161 e. The van der Waals surface area contributed by atoms with Crippen molar-refractivity contribution in [2.75, 3.05) is 20.2 Å². The summed E-state index contributed by atoms with van der Waals surface area (Å²) in [5.74, 6) is 0.132. The third-order valence-corrected chi connectivity index (χ3v) is 4.04. The maximum Gasteiger partial charge on any atom is 0.161 e. The van der Waals surface area contributed by atoms with E-state index >= 15 is 0 Å². The van der Waals surface area contributed by atoms with E-state index in [1.54, 1.807) is 6.92 Å². The minimum Gasteiger partial charge on any atom is -0.378 e. The highest BCUT2D eigenvalue weighted by atomic mass is 16.5. The van der Waals surface area contributed by atoms with Crippen molar-refractivity contribution in [3.05, 3.63) is 23.5 Å². The van der Waals surface area contributed by atoms with Gasteiger partial charge in [-0.2, -0.15) is 0 Å². The zero-order chi connectivity index (χ0) is 14.5. The zero-order valence-corrected chi connectivity index (χ0v) is 12.9. The third kappa shape index (κ3) is 4.18. The fraction of sp³-hybridized carbons (Fsp3) is 0.688. The number of ether oxygens (including phenoxy) is 1. The summed E-state index contributed by atoms with van der Waals surface area (Å²) in [6, 6.07) is 2.00. The molecule has 1 fully saturated rings. The van der Waals surface area contributed by atoms with Crippen molar-refractivity contribution < 1.29 is 9.53 Å². The van der Waals surface area contributed by atoms with Crippen LogP contribution in [0, 0.1) is 0 Å². The van der Waals surface area contributed by atoms with Crippen LogP contribution in [0.4, 0.5) is 0 Å². The van der Waals surface area contributed by atoms with Crippen molar-refractivity contribution >= 4 is 5.78 Å². The molecule has 1 aromatic heterocycles. The maximum atomic E-state index is 11.4. The van der Waals surface area contributed by atoms with Crippen molar-refractivity contribution in [3.8, 4) is 0 Å². The van der Waals surface area contributed by atoms with Gasteiger partial charge in [-0.25, -0.2) is 0 Å². The summed E-state index contributed by atoms with van der Waals surface area (Å²) in [6.07, 6.45) is 7.18. The topological polar surface area (TPSA) is 34.5 Å². The summed E-state index contributed by atoms with van der Waals surface area (Å²) in [5.41, 5.74) is 1.99. The minimum atomic E-state index is 0.132. The Kier molecular flexibility index (Phi) is 5.38. The van der Waals surface area contributed by atoms with Crippen LogP contribution in [0.5, 0.6) is 0 Å². The molecule has 0 radical (unpaired) electrons. The molecule has 1 aromatic rings. The molecule has 4 heteroatoms. The van der Waals surface area contributed by atoms with Crippen molar-refractivity contribution in [1.29, 1.82) is 0 Å². The lowest BCUT2D eigenvalue weighted by Crippen LogP contribution is -2.21. The second-order valence-corrected chi connectivity index (χ2v) is 5.90. The molecule has 0 aromatic carbocycles. The fourth-order valence-electron chi connectivity index (χ4n) is 2.78. The Morgan fingerprint density at radius 3 is 2.95 bits per heavy atom. The first-order valence-electron chi connectivity index (χ1n) is 7.52. The number of aryl methyl sites for hydroxylation is 1. The highest BCUT2D eigenvalue weighted by molar-refractivity contribution is 5.94. The molecule has 0 spiro atoms. The Bertz CT molecular complexity index is 447. The van der Waals surface area contributed by atoms with E-state index in [0.29, 0.717) is 6.10 Å². The Hall–Kier alpha value is -1.13.